The number of fused-ring (bicyclic) bond motifs is 7. The third kappa shape index (κ3) is 2.91. The van der Waals surface area contributed by atoms with Gasteiger partial charge in [-0.25, -0.2) is 0 Å². The van der Waals surface area contributed by atoms with Crippen molar-refractivity contribution in [3.63, 3.8) is 0 Å². The minimum atomic E-state index is -1.38. The van der Waals surface area contributed by atoms with E-state index in [2.05, 4.69) is 40.7 Å². The minimum absolute atomic E-state index is 0.00294. The number of aliphatic carboxylic acids is 1. The lowest BCUT2D eigenvalue weighted by atomic mass is 9.33. The fourth-order valence-electron chi connectivity index (χ4n) is 10.7. The average Bonchev–Trinajstić information content (AvgIpc) is 2.82. The van der Waals surface area contributed by atoms with Gasteiger partial charge in [0.2, 0.25) is 0 Å². The number of hydrogen-bond acceptors (Lipinski definition) is 5. The highest BCUT2D eigenvalue weighted by molar-refractivity contribution is 5.75. The van der Waals surface area contributed by atoms with Crippen LogP contribution in [-0.4, -0.2) is 56.4 Å². The average molecular weight is 505 g/mol. The Morgan fingerprint density at radius 1 is 0.889 bits per heavy atom. The Hall–Kier alpha value is -0.950. The van der Waals surface area contributed by atoms with Crippen LogP contribution >= 0.6 is 0 Å². The first-order valence-electron chi connectivity index (χ1n) is 14.2. The molecule has 5 aliphatic rings. The highest BCUT2D eigenvalue weighted by atomic mass is 16.4. The second kappa shape index (κ2) is 7.80. The summed E-state index contributed by atoms with van der Waals surface area (Å²) in [6, 6.07) is 0. The number of aliphatic hydroxyl groups excluding tert-OH is 4. The largest absolute Gasteiger partial charge is 0.481 e. The standard InChI is InChI=1S/C30H48O6/c1-25-13-14-29(5)17(18(25)15-27(3,24(35)36)23(34)22(25)33)7-8-20-26(2)11-10-21(32)28(4,16-31)19(26)9-12-30(20,29)6/h7,18-23,31-34H,8-16H2,1-6H3,(H,35,36)/t18-,19+,20+,21-,22+,23-,25+,26-,27-,28+,29+,30+/m0/s1. The molecule has 5 rings (SSSR count). The quantitative estimate of drug-likeness (QED) is 0.361. The van der Waals surface area contributed by atoms with Crippen LogP contribution in [0.3, 0.4) is 0 Å². The Kier molecular flexibility index (Phi) is 5.77. The molecule has 0 aromatic carbocycles. The van der Waals surface area contributed by atoms with Crippen LogP contribution < -0.4 is 0 Å². The molecule has 4 saturated carbocycles. The zero-order valence-corrected chi connectivity index (χ0v) is 23.0. The molecule has 204 valence electrons. The maximum Gasteiger partial charge on any atom is 0.312 e. The summed E-state index contributed by atoms with van der Waals surface area (Å²) in [5, 5.41) is 53.6. The predicted molar refractivity (Wildman–Crippen MR) is 137 cm³/mol. The van der Waals surface area contributed by atoms with Crippen molar-refractivity contribution < 1.29 is 30.3 Å². The van der Waals surface area contributed by atoms with Gasteiger partial charge >= 0.3 is 5.97 Å². The first-order chi connectivity index (χ1) is 16.6. The first kappa shape index (κ1) is 26.6. The van der Waals surface area contributed by atoms with Gasteiger partial charge in [-0.1, -0.05) is 46.3 Å². The Balaban J connectivity index is 1.59. The lowest BCUT2D eigenvalue weighted by Gasteiger charge is -2.71. The molecule has 4 fully saturated rings. The van der Waals surface area contributed by atoms with Crippen LogP contribution in [0.4, 0.5) is 0 Å². The van der Waals surface area contributed by atoms with Gasteiger partial charge in [0, 0.05) is 10.8 Å². The topological polar surface area (TPSA) is 118 Å². The van der Waals surface area contributed by atoms with Crippen molar-refractivity contribution in [3.05, 3.63) is 11.6 Å². The van der Waals surface area contributed by atoms with Gasteiger partial charge in [-0.05, 0) is 92.3 Å². The normalized spacial score (nSPS) is 58.6. The summed E-state index contributed by atoms with van der Waals surface area (Å²) in [5.41, 5.74) is -1.23. The van der Waals surface area contributed by atoms with E-state index < -0.39 is 40.5 Å². The van der Waals surface area contributed by atoms with Gasteiger partial charge in [0.15, 0.2) is 0 Å². The Morgan fingerprint density at radius 3 is 2.17 bits per heavy atom. The van der Waals surface area contributed by atoms with Crippen LogP contribution in [0.5, 0.6) is 0 Å². The lowest BCUT2D eigenvalue weighted by Crippen LogP contribution is -2.68. The van der Waals surface area contributed by atoms with Crippen molar-refractivity contribution in [3.8, 4) is 0 Å². The number of carboxylic acid groups (broad SMARTS) is 1. The van der Waals surface area contributed by atoms with Gasteiger partial charge in [-0.2, -0.15) is 0 Å². The van der Waals surface area contributed by atoms with Crippen LogP contribution in [0.2, 0.25) is 0 Å². The molecule has 0 aromatic heterocycles. The minimum Gasteiger partial charge on any atom is -0.481 e. The summed E-state index contributed by atoms with van der Waals surface area (Å²) in [7, 11) is 0. The van der Waals surface area contributed by atoms with Crippen molar-refractivity contribution >= 4 is 5.97 Å². The van der Waals surface area contributed by atoms with Gasteiger partial charge < -0.3 is 25.5 Å². The van der Waals surface area contributed by atoms with E-state index in [-0.39, 0.29) is 34.7 Å². The van der Waals surface area contributed by atoms with Gasteiger partial charge in [-0.3, -0.25) is 4.79 Å². The highest BCUT2D eigenvalue weighted by Gasteiger charge is 2.70. The first-order valence-corrected chi connectivity index (χ1v) is 14.2. The molecule has 6 nitrogen and oxygen atoms in total. The van der Waals surface area contributed by atoms with Crippen molar-refractivity contribution in [2.75, 3.05) is 6.61 Å². The van der Waals surface area contributed by atoms with Crippen LogP contribution in [0.1, 0.15) is 92.9 Å². The van der Waals surface area contributed by atoms with Crippen molar-refractivity contribution in [1.82, 2.24) is 0 Å². The molecule has 0 saturated heterocycles. The fraction of sp³-hybridized carbons (Fsp3) is 0.900. The Morgan fingerprint density at radius 2 is 1.56 bits per heavy atom. The zero-order chi connectivity index (χ0) is 26.7. The van der Waals surface area contributed by atoms with Gasteiger partial charge in [0.05, 0.1) is 30.3 Å². The van der Waals surface area contributed by atoms with E-state index in [1.165, 1.54) is 5.57 Å². The van der Waals surface area contributed by atoms with Crippen molar-refractivity contribution in [2.45, 2.75) is 111 Å². The molecular weight excluding hydrogens is 456 g/mol. The monoisotopic (exact) mass is 504 g/mol. The van der Waals surface area contributed by atoms with E-state index in [9.17, 15) is 30.3 Å². The SMILES string of the molecule is C[C@]12CC[C@H](O)[C@](C)(CO)[C@@H]1CC[C@]1(C)[C@@H]2CC=C2[C@@H]3C[C@](C)(C(=O)O)[C@@H](O)[C@@H](O)[C@]3(C)CC[C@]21C. The predicted octanol–water partition coefficient (Wildman–Crippen LogP) is 4.15. The molecule has 0 radical (unpaired) electrons. The van der Waals surface area contributed by atoms with E-state index in [1.54, 1.807) is 6.92 Å². The number of hydrogen-bond donors (Lipinski definition) is 5. The van der Waals surface area contributed by atoms with E-state index in [0.29, 0.717) is 18.8 Å². The molecule has 0 amide bonds. The van der Waals surface area contributed by atoms with Gasteiger partial charge in [0.1, 0.15) is 0 Å². The maximum atomic E-state index is 12.3. The number of allylic oxidation sites excluding steroid dienone is 2. The number of carbonyl (C=O) groups is 1. The maximum absolute atomic E-state index is 12.3. The molecule has 0 aliphatic heterocycles. The van der Waals surface area contributed by atoms with E-state index in [0.717, 1.165) is 38.5 Å². The molecule has 6 heteroatoms. The van der Waals surface area contributed by atoms with Gasteiger partial charge in [-0.15, -0.1) is 0 Å². The third-order valence-electron chi connectivity index (χ3n) is 13.7. The second-order valence-electron chi connectivity index (χ2n) is 14.9. The third-order valence-corrected chi connectivity index (χ3v) is 13.7. The molecule has 0 heterocycles. The molecule has 36 heavy (non-hydrogen) atoms. The molecule has 5 N–H and O–H groups in total. The van der Waals surface area contributed by atoms with Gasteiger partial charge in [0.25, 0.3) is 0 Å². The van der Waals surface area contributed by atoms with E-state index in [4.69, 9.17) is 0 Å². The fourth-order valence-corrected chi connectivity index (χ4v) is 10.7. The van der Waals surface area contributed by atoms with Crippen molar-refractivity contribution in [2.24, 2.45) is 50.2 Å². The highest BCUT2D eigenvalue weighted by Crippen LogP contribution is 2.75. The number of carboxylic acids is 1. The molecule has 0 bridgehead atoms. The molecular formula is C30H48O6. The van der Waals surface area contributed by atoms with Crippen LogP contribution in [-0.2, 0) is 4.79 Å². The summed E-state index contributed by atoms with van der Waals surface area (Å²) >= 11 is 0. The lowest BCUT2D eigenvalue weighted by molar-refractivity contribution is -0.228. The number of rotatable bonds is 2. The number of aliphatic hydroxyl groups is 4. The molecule has 0 unspecified atom stereocenters. The zero-order valence-electron chi connectivity index (χ0n) is 23.0. The Bertz CT molecular complexity index is 978. The molecule has 0 spiro atoms. The van der Waals surface area contributed by atoms with Crippen LogP contribution in [0, 0.1) is 50.2 Å². The molecule has 12 atom stereocenters. The summed E-state index contributed by atoms with van der Waals surface area (Å²) < 4.78 is 0. The summed E-state index contributed by atoms with van der Waals surface area (Å²) in [4.78, 5) is 12.3. The molecule has 5 aliphatic carbocycles. The van der Waals surface area contributed by atoms with E-state index in [1.807, 2.05) is 0 Å². The van der Waals surface area contributed by atoms with Crippen LogP contribution in [0.25, 0.3) is 0 Å². The summed E-state index contributed by atoms with van der Waals surface area (Å²) in [5.74, 6) is -0.465. The van der Waals surface area contributed by atoms with Crippen LogP contribution in [0.15, 0.2) is 11.6 Å². The smallest absolute Gasteiger partial charge is 0.312 e. The second-order valence-corrected chi connectivity index (χ2v) is 14.9. The van der Waals surface area contributed by atoms with E-state index >= 15 is 0 Å². The van der Waals surface area contributed by atoms with Crippen molar-refractivity contribution in [1.29, 1.82) is 0 Å². The molecule has 0 aromatic rings. The summed E-state index contributed by atoms with van der Waals surface area (Å²) in [6.45, 7) is 12.9. The summed E-state index contributed by atoms with van der Waals surface area (Å²) in [6.07, 6.45) is 6.11. The Labute approximate surface area is 216 Å².